The number of hydrogen-bond acceptors (Lipinski definition) is 2. The van der Waals surface area contributed by atoms with Gasteiger partial charge in [-0.15, -0.1) is 12.4 Å². The molecule has 2 aromatic carbocycles. The summed E-state index contributed by atoms with van der Waals surface area (Å²) in [6.07, 6.45) is 3.05. The Morgan fingerprint density at radius 1 is 0.864 bits per heavy atom. The van der Waals surface area contributed by atoms with Crippen LogP contribution in [-0.2, 0) is 5.60 Å². The van der Waals surface area contributed by atoms with Crippen LogP contribution in [0, 0.1) is 13.8 Å². The molecule has 0 aliphatic carbocycles. The van der Waals surface area contributed by atoms with Gasteiger partial charge in [-0.1, -0.05) is 65.7 Å². The second kappa shape index (κ2) is 6.55. The van der Waals surface area contributed by atoms with E-state index in [9.17, 15) is 5.11 Å². The molecule has 1 aliphatic rings. The predicted octanol–water partition coefficient (Wildman–Crippen LogP) is 3.84. The quantitative estimate of drug-likeness (QED) is 0.902. The second-order valence-electron chi connectivity index (χ2n) is 5.78. The van der Waals surface area contributed by atoms with Crippen molar-refractivity contribution in [3.05, 3.63) is 82.6 Å². The maximum absolute atomic E-state index is 11.5. The fourth-order valence-corrected chi connectivity index (χ4v) is 2.84. The predicted molar refractivity (Wildman–Crippen MR) is 93.3 cm³/mol. The van der Waals surface area contributed by atoms with Crippen molar-refractivity contribution in [2.45, 2.75) is 25.9 Å². The van der Waals surface area contributed by atoms with Gasteiger partial charge >= 0.3 is 0 Å². The van der Waals surface area contributed by atoms with E-state index in [-0.39, 0.29) is 12.4 Å². The average Bonchev–Trinajstić information content (AvgIpc) is 3.02. The van der Waals surface area contributed by atoms with E-state index in [2.05, 4.69) is 25.2 Å². The molecule has 2 aromatic rings. The number of aryl methyl sites for hydroxylation is 2. The number of aliphatic hydroxyl groups is 1. The van der Waals surface area contributed by atoms with Crippen molar-refractivity contribution in [1.82, 2.24) is 5.32 Å². The van der Waals surface area contributed by atoms with Crippen LogP contribution in [-0.4, -0.2) is 11.7 Å². The molecule has 0 fully saturated rings. The highest BCUT2D eigenvalue weighted by molar-refractivity contribution is 5.85. The molecule has 2 N–H and O–H groups in total. The topological polar surface area (TPSA) is 32.3 Å². The molecular formula is C19H22ClNO. The molecule has 0 spiro atoms. The molecule has 1 heterocycles. The Labute approximate surface area is 138 Å². The van der Waals surface area contributed by atoms with Gasteiger partial charge in [-0.2, -0.15) is 0 Å². The fraction of sp³-hybridized carbons (Fsp3) is 0.263. The maximum Gasteiger partial charge on any atom is 0.154 e. The van der Waals surface area contributed by atoms with Gasteiger partial charge in [-0.3, -0.25) is 0 Å². The van der Waals surface area contributed by atoms with Crippen LogP contribution in [0.5, 0.6) is 0 Å². The fourth-order valence-electron chi connectivity index (χ4n) is 2.84. The van der Waals surface area contributed by atoms with Gasteiger partial charge in [0.05, 0.1) is 0 Å². The normalized spacial score (nSPS) is 14.0. The molecule has 0 unspecified atom stereocenters. The van der Waals surface area contributed by atoms with E-state index >= 15 is 0 Å². The van der Waals surface area contributed by atoms with Crippen molar-refractivity contribution in [2.75, 3.05) is 6.54 Å². The van der Waals surface area contributed by atoms with Gasteiger partial charge in [0.15, 0.2) is 5.60 Å². The summed E-state index contributed by atoms with van der Waals surface area (Å²) in [7, 11) is 0. The van der Waals surface area contributed by atoms with Gasteiger partial charge in [-0.05, 0) is 31.4 Å². The van der Waals surface area contributed by atoms with Crippen molar-refractivity contribution in [2.24, 2.45) is 0 Å². The van der Waals surface area contributed by atoms with Gasteiger partial charge in [0.25, 0.3) is 0 Å². The Morgan fingerprint density at radius 3 is 1.68 bits per heavy atom. The Kier molecular flexibility index (Phi) is 4.94. The van der Waals surface area contributed by atoms with Crippen molar-refractivity contribution >= 4 is 12.4 Å². The third-order valence-electron chi connectivity index (χ3n) is 4.14. The van der Waals surface area contributed by atoms with Crippen molar-refractivity contribution < 1.29 is 5.11 Å². The van der Waals surface area contributed by atoms with E-state index in [4.69, 9.17) is 0 Å². The molecule has 0 radical (unpaired) electrons. The van der Waals surface area contributed by atoms with Gasteiger partial charge < -0.3 is 10.4 Å². The Morgan fingerprint density at radius 2 is 1.32 bits per heavy atom. The highest BCUT2D eigenvalue weighted by Crippen LogP contribution is 2.37. The zero-order valence-corrected chi connectivity index (χ0v) is 13.8. The van der Waals surface area contributed by atoms with Crippen LogP contribution in [0.25, 0.3) is 0 Å². The number of hydrogen-bond donors (Lipinski definition) is 2. The summed E-state index contributed by atoms with van der Waals surface area (Å²) in [5, 5.41) is 14.8. The standard InChI is InChI=1S/C19H21NO.ClH/c1-14-5-9-16(10-6-14)19(21,18-4-3-13-20-18)17-11-7-15(2)8-12-17;/h4-12,20-21H,3,13H2,1-2H3;1H. The minimum absolute atomic E-state index is 0. The van der Waals surface area contributed by atoms with E-state index in [1.807, 2.05) is 48.5 Å². The first-order valence-electron chi connectivity index (χ1n) is 7.42. The van der Waals surface area contributed by atoms with Gasteiger partial charge in [0, 0.05) is 12.2 Å². The molecule has 2 nitrogen and oxygen atoms in total. The lowest BCUT2D eigenvalue weighted by molar-refractivity contribution is 0.114. The van der Waals surface area contributed by atoms with Crippen molar-refractivity contribution in [3.8, 4) is 0 Å². The Bertz CT molecular complexity index is 613. The third kappa shape index (κ3) is 2.90. The first-order valence-corrected chi connectivity index (χ1v) is 7.42. The number of nitrogens with one attached hydrogen (secondary N) is 1. The summed E-state index contributed by atoms with van der Waals surface area (Å²) in [4.78, 5) is 0. The molecule has 22 heavy (non-hydrogen) atoms. The molecular weight excluding hydrogens is 294 g/mol. The Hall–Kier alpha value is -1.77. The summed E-state index contributed by atoms with van der Waals surface area (Å²) in [6, 6.07) is 16.2. The highest BCUT2D eigenvalue weighted by Gasteiger charge is 2.36. The van der Waals surface area contributed by atoms with E-state index in [1.165, 1.54) is 11.1 Å². The number of benzene rings is 2. The molecule has 0 saturated heterocycles. The van der Waals surface area contributed by atoms with E-state index in [0.717, 1.165) is 29.8 Å². The van der Waals surface area contributed by atoms with Crippen LogP contribution in [0.1, 0.15) is 28.7 Å². The highest BCUT2D eigenvalue weighted by atomic mass is 35.5. The van der Waals surface area contributed by atoms with Crippen LogP contribution in [0.3, 0.4) is 0 Å². The number of halogens is 1. The van der Waals surface area contributed by atoms with Crippen LogP contribution < -0.4 is 5.32 Å². The van der Waals surface area contributed by atoms with Crippen LogP contribution in [0.4, 0.5) is 0 Å². The summed E-state index contributed by atoms with van der Waals surface area (Å²) in [5.74, 6) is 0. The van der Waals surface area contributed by atoms with Gasteiger partial charge in [0.1, 0.15) is 0 Å². The summed E-state index contributed by atoms with van der Waals surface area (Å²) >= 11 is 0. The summed E-state index contributed by atoms with van der Waals surface area (Å²) in [6.45, 7) is 5.00. The average molecular weight is 316 g/mol. The molecule has 0 aromatic heterocycles. The lowest BCUT2D eigenvalue weighted by atomic mass is 9.83. The molecule has 3 rings (SSSR count). The van der Waals surface area contributed by atoms with Crippen LogP contribution in [0.2, 0.25) is 0 Å². The lowest BCUT2D eigenvalue weighted by Gasteiger charge is -2.31. The van der Waals surface area contributed by atoms with Gasteiger partial charge in [0.2, 0.25) is 0 Å². The van der Waals surface area contributed by atoms with Crippen LogP contribution >= 0.6 is 12.4 Å². The largest absolute Gasteiger partial charge is 0.385 e. The first kappa shape index (κ1) is 16.6. The smallest absolute Gasteiger partial charge is 0.154 e. The molecule has 1 aliphatic heterocycles. The molecule has 0 amide bonds. The first-order chi connectivity index (χ1) is 10.1. The number of rotatable bonds is 3. The minimum Gasteiger partial charge on any atom is -0.385 e. The molecule has 116 valence electrons. The van der Waals surface area contributed by atoms with E-state index in [0.29, 0.717) is 0 Å². The molecule has 0 saturated carbocycles. The zero-order chi connectivity index (χ0) is 14.9. The third-order valence-corrected chi connectivity index (χ3v) is 4.14. The van der Waals surface area contributed by atoms with Crippen LogP contribution in [0.15, 0.2) is 60.3 Å². The van der Waals surface area contributed by atoms with Crippen molar-refractivity contribution in [3.63, 3.8) is 0 Å². The van der Waals surface area contributed by atoms with E-state index < -0.39 is 5.60 Å². The van der Waals surface area contributed by atoms with Crippen molar-refractivity contribution in [1.29, 1.82) is 0 Å². The van der Waals surface area contributed by atoms with Gasteiger partial charge in [-0.25, -0.2) is 0 Å². The monoisotopic (exact) mass is 315 g/mol. The Balaban J connectivity index is 0.00000176. The molecule has 3 heteroatoms. The molecule has 0 atom stereocenters. The molecule has 0 bridgehead atoms. The van der Waals surface area contributed by atoms with E-state index in [1.54, 1.807) is 0 Å². The summed E-state index contributed by atoms with van der Waals surface area (Å²) < 4.78 is 0. The maximum atomic E-state index is 11.5. The zero-order valence-electron chi connectivity index (χ0n) is 13.0. The second-order valence-corrected chi connectivity index (χ2v) is 5.78. The summed E-state index contributed by atoms with van der Waals surface area (Å²) in [5.41, 5.74) is 3.97. The SMILES string of the molecule is Cc1ccc(C(O)(C2=CCCN2)c2ccc(C)cc2)cc1.Cl. The minimum atomic E-state index is -1.10. The lowest BCUT2D eigenvalue weighted by Crippen LogP contribution is -2.35.